The van der Waals surface area contributed by atoms with Crippen LogP contribution in [0.2, 0.25) is 0 Å². The van der Waals surface area contributed by atoms with Crippen molar-refractivity contribution in [2.24, 2.45) is 9.98 Å². The Hall–Kier alpha value is -3.59. The Morgan fingerprint density at radius 3 is 2.55 bits per heavy atom. The van der Waals surface area contributed by atoms with Gasteiger partial charge in [0.05, 0.1) is 28.4 Å². The molecule has 1 N–H and O–H groups in total. The van der Waals surface area contributed by atoms with E-state index in [0.29, 0.717) is 18.0 Å². The smallest absolute Gasteiger partial charge is 0.201 e. The van der Waals surface area contributed by atoms with Crippen LogP contribution in [0.5, 0.6) is 11.6 Å². The molecule has 3 aromatic rings. The van der Waals surface area contributed by atoms with Crippen molar-refractivity contribution in [1.29, 1.82) is 5.26 Å². The minimum atomic E-state index is -0.307. The Balaban J connectivity index is 1.90. The van der Waals surface area contributed by atoms with Gasteiger partial charge in [0.2, 0.25) is 5.88 Å². The van der Waals surface area contributed by atoms with Crippen LogP contribution in [0.1, 0.15) is 51.2 Å². The molecule has 0 fully saturated rings. The fourth-order valence-electron chi connectivity index (χ4n) is 5.06. The summed E-state index contributed by atoms with van der Waals surface area (Å²) in [5, 5.41) is 23.8. The zero-order valence-electron chi connectivity index (χ0n) is 18.1. The second kappa shape index (κ2) is 6.71. The number of aromatic nitrogens is 1. The van der Waals surface area contributed by atoms with Gasteiger partial charge in [-0.3, -0.25) is 0 Å². The average Bonchev–Trinajstić information content (AvgIpc) is 3.27. The first-order valence-corrected chi connectivity index (χ1v) is 10.6. The summed E-state index contributed by atoms with van der Waals surface area (Å²) in [5.41, 5.74) is 2.50. The minimum Gasteiger partial charge on any atom is -0.494 e. The van der Waals surface area contributed by atoms with Gasteiger partial charge in [-0.1, -0.05) is 19.1 Å². The number of allylic oxidation sites excluding steroid dienone is 1. The molecule has 0 saturated heterocycles. The van der Waals surface area contributed by atoms with Crippen LogP contribution in [0.4, 0.5) is 0 Å². The lowest BCUT2D eigenvalue weighted by Gasteiger charge is -2.37. The molecule has 156 valence electrons. The number of hydrogen-bond donors (Lipinski definition) is 1. The maximum atomic E-state index is 11.4. The van der Waals surface area contributed by atoms with Crippen LogP contribution in [-0.2, 0) is 5.54 Å². The quantitative estimate of drug-likeness (QED) is 0.657. The number of aromatic hydroxyl groups is 1. The zero-order chi connectivity index (χ0) is 21.9. The van der Waals surface area contributed by atoms with E-state index in [2.05, 4.69) is 42.9 Å². The van der Waals surface area contributed by atoms with Gasteiger partial charge in [-0.15, -0.1) is 0 Å². The van der Waals surface area contributed by atoms with E-state index in [1.807, 2.05) is 41.8 Å². The van der Waals surface area contributed by atoms with E-state index in [-0.39, 0.29) is 22.9 Å². The summed E-state index contributed by atoms with van der Waals surface area (Å²) in [4.78, 5) is 9.14. The van der Waals surface area contributed by atoms with Gasteiger partial charge >= 0.3 is 0 Å². The molecule has 3 heterocycles. The van der Waals surface area contributed by atoms with Gasteiger partial charge < -0.3 is 14.4 Å². The molecular weight excluding hydrogens is 388 g/mol. The third-order valence-corrected chi connectivity index (χ3v) is 6.21. The average molecular weight is 412 g/mol. The molecule has 0 spiro atoms. The molecular formula is C25H24N4O2. The number of ether oxygens (including phenoxy) is 1. The Morgan fingerprint density at radius 2 is 1.94 bits per heavy atom. The molecule has 0 aliphatic carbocycles. The summed E-state index contributed by atoms with van der Waals surface area (Å²) in [5.74, 6) is 1.43. The summed E-state index contributed by atoms with van der Waals surface area (Å²) < 4.78 is 7.80. The first-order chi connectivity index (χ1) is 14.9. The molecule has 0 unspecified atom stereocenters. The van der Waals surface area contributed by atoms with Gasteiger partial charge in [0.25, 0.3) is 0 Å². The third kappa shape index (κ3) is 2.77. The van der Waals surface area contributed by atoms with E-state index in [4.69, 9.17) is 4.74 Å². The van der Waals surface area contributed by atoms with Crippen LogP contribution in [-0.4, -0.2) is 16.3 Å². The van der Waals surface area contributed by atoms with Crippen molar-refractivity contribution >= 4 is 16.5 Å². The van der Waals surface area contributed by atoms with Crippen LogP contribution in [0.3, 0.4) is 0 Å². The van der Waals surface area contributed by atoms with Crippen molar-refractivity contribution in [2.45, 2.75) is 45.6 Å². The molecule has 2 aliphatic rings. The third-order valence-electron chi connectivity index (χ3n) is 6.21. The molecule has 2 aromatic carbocycles. The second-order valence-electron chi connectivity index (χ2n) is 8.82. The molecule has 2 aliphatic heterocycles. The van der Waals surface area contributed by atoms with E-state index < -0.39 is 0 Å². The highest BCUT2D eigenvalue weighted by Gasteiger charge is 2.38. The summed E-state index contributed by atoms with van der Waals surface area (Å²) in [6.07, 6.45) is 0.866. The lowest BCUT2D eigenvalue weighted by molar-refractivity contribution is 0.266. The summed E-state index contributed by atoms with van der Waals surface area (Å²) in [6.45, 7) is 8.92. The minimum absolute atomic E-state index is 0.0761. The lowest BCUT2D eigenvalue weighted by atomic mass is 9.82. The fraction of sp³-hybridized carbons (Fsp3) is 0.320. The Bertz CT molecular complexity index is 1400. The predicted molar refractivity (Wildman–Crippen MR) is 118 cm³/mol. The lowest BCUT2D eigenvalue weighted by Crippen LogP contribution is -2.31. The molecule has 0 radical (unpaired) electrons. The Labute approximate surface area is 180 Å². The van der Waals surface area contributed by atoms with Crippen molar-refractivity contribution in [3.8, 4) is 17.7 Å². The SMILES string of the molecule is CCOc1cc2c3c(c1)c(C(C#N)=C1N=c4ccccc4=N1)c(O)n3C(C)(C)C[C@H]2C. The van der Waals surface area contributed by atoms with Crippen molar-refractivity contribution in [1.82, 2.24) is 4.57 Å². The van der Waals surface area contributed by atoms with Crippen LogP contribution in [0.15, 0.2) is 52.2 Å². The molecule has 0 amide bonds. The van der Waals surface area contributed by atoms with Crippen molar-refractivity contribution in [3.05, 3.63) is 64.1 Å². The molecule has 0 saturated carbocycles. The summed E-state index contributed by atoms with van der Waals surface area (Å²) in [7, 11) is 0. The predicted octanol–water partition coefficient (Wildman–Crippen LogP) is 4.13. The molecule has 5 rings (SSSR count). The van der Waals surface area contributed by atoms with Crippen molar-refractivity contribution in [3.63, 3.8) is 0 Å². The highest BCUT2D eigenvalue weighted by Crippen LogP contribution is 2.50. The maximum absolute atomic E-state index is 11.4. The van der Waals surface area contributed by atoms with Crippen molar-refractivity contribution < 1.29 is 9.84 Å². The topological polar surface area (TPSA) is 82.9 Å². The van der Waals surface area contributed by atoms with Gasteiger partial charge in [0.15, 0.2) is 5.82 Å². The van der Waals surface area contributed by atoms with E-state index in [0.717, 1.165) is 39.4 Å². The van der Waals surface area contributed by atoms with Crippen LogP contribution in [0, 0.1) is 11.3 Å². The first kappa shape index (κ1) is 19.4. The maximum Gasteiger partial charge on any atom is 0.201 e. The van der Waals surface area contributed by atoms with Crippen molar-refractivity contribution in [2.75, 3.05) is 6.61 Å². The molecule has 6 nitrogen and oxygen atoms in total. The largest absolute Gasteiger partial charge is 0.494 e. The number of fused-ring (bicyclic) bond motifs is 1. The van der Waals surface area contributed by atoms with E-state index >= 15 is 0 Å². The zero-order valence-corrected chi connectivity index (χ0v) is 18.1. The first-order valence-electron chi connectivity index (χ1n) is 10.6. The number of nitriles is 1. The molecule has 1 aromatic heterocycles. The summed E-state index contributed by atoms with van der Waals surface area (Å²) in [6, 6.07) is 13.8. The standard InChI is InChI=1S/C25H24N4O2/c1-5-31-15-10-16-14(2)12-25(3,4)29-22(16)17(11-15)21(24(29)30)18(13-26)23-27-19-8-6-7-9-20(19)28-23/h6-11,14,30H,5,12H2,1-4H3/t14-/m1/s1. The Kier molecular flexibility index (Phi) is 4.19. The second-order valence-corrected chi connectivity index (χ2v) is 8.82. The van der Waals surface area contributed by atoms with E-state index in [1.165, 1.54) is 0 Å². The van der Waals surface area contributed by atoms with Gasteiger partial charge in [0, 0.05) is 10.9 Å². The number of nitrogens with zero attached hydrogens (tertiary/aromatic N) is 4. The molecule has 0 bridgehead atoms. The number of rotatable bonds is 3. The van der Waals surface area contributed by atoms with Gasteiger partial charge in [0.1, 0.15) is 17.4 Å². The van der Waals surface area contributed by atoms with Gasteiger partial charge in [-0.05, 0) is 62.9 Å². The number of para-hydroxylation sites is 2. The highest BCUT2D eigenvalue weighted by atomic mass is 16.5. The monoisotopic (exact) mass is 412 g/mol. The molecule has 6 heteroatoms. The van der Waals surface area contributed by atoms with Gasteiger partial charge in [-0.25, -0.2) is 9.98 Å². The van der Waals surface area contributed by atoms with Crippen LogP contribution < -0.4 is 15.5 Å². The molecule has 31 heavy (non-hydrogen) atoms. The van der Waals surface area contributed by atoms with Crippen LogP contribution >= 0.6 is 0 Å². The summed E-state index contributed by atoms with van der Waals surface area (Å²) >= 11 is 0. The molecule has 1 atom stereocenters. The van der Waals surface area contributed by atoms with E-state index in [9.17, 15) is 10.4 Å². The highest BCUT2D eigenvalue weighted by molar-refractivity contribution is 6.02. The van der Waals surface area contributed by atoms with E-state index in [1.54, 1.807) is 0 Å². The number of benzene rings is 2. The number of hydrogen-bond acceptors (Lipinski definition) is 5. The normalized spacial score (nSPS) is 18.2. The van der Waals surface area contributed by atoms with Crippen LogP contribution in [0.25, 0.3) is 16.5 Å². The fourth-order valence-corrected chi connectivity index (χ4v) is 5.06. The Morgan fingerprint density at radius 1 is 1.26 bits per heavy atom. The van der Waals surface area contributed by atoms with Gasteiger partial charge in [-0.2, -0.15) is 5.26 Å².